The number of rotatable bonds is 6. The number of aromatic nitrogens is 1. The Hall–Kier alpha value is -1.56. The van der Waals surface area contributed by atoms with Crippen molar-refractivity contribution in [3.8, 4) is 0 Å². The third kappa shape index (κ3) is 7.81. The minimum Gasteiger partial charge on any atom is -0.355 e. The van der Waals surface area contributed by atoms with E-state index in [2.05, 4.69) is 20.6 Å². The van der Waals surface area contributed by atoms with E-state index in [-0.39, 0.29) is 30.6 Å². The highest BCUT2D eigenvalue weighted by molar-refractivity contribution is 7.09. The first-order chi connectivity index (χ1) is 11.0. The lowest BCUT2D eigenvalue weighted by Crippen LogP contribution is -2.42. The largest absolute Gasteiger partial charge is 0.434 e. The summed E-state index contributed by atoms with van der Waals surface area (Å²) >= 11 is 0.854. The molecule has 0 aliphatic rings. The maximum absolute atomic E-state index is 12.4. The van der Waals surface area contributed by atoms with E-state index >= 15 is 0 Å². The summed E-state index contributed by atoms with van der Waals surface area (Å²) in [6, 6.07) is 0. The van der Waals surface area contributed by atoms with Crippen molar-refractivity contribution in [3.05, 3.63) is 16.1 Å². The summed E-state index contributed by atoms with van der Waals surface area (Å²) in [6.07, 6.45) is -8.76. The Morgan fingerprint density at radius 1 is 1.25 bits per heavy atom. The molecule has 0 aliphatic heterocycles. The highest BCUT2D eigenvalue weighted by atomic mass is 32.1. The van der Waals surface area contributed by atoms with Crippen molar-refractivity contribution in [2.75, 3.05) is 33.7 Å². The summed E-state index contributed by atoms with van der Waals surface area (Å²) in [6.45, 7) is -0.688. The molecule has 0 bridgehead atoms. The van der Waals surface area contributed by atoms with Gasteiger partial charge in [0.05, 0.1) is 13.1 Å². The van der Waals surface area contributed by atoms with Gasteiger partial charge >= 0.3 is 12.4 Å². The average Bonchev–Trinajstić information content (AvgIpc) is 2.89. The van der Waals surface area contributed by atoms with Crippen LogP contribution in [0.15, 0.2) is 10.4 Å². The molecule has 1 aromatic heterocycles. The molecule has 1 aromatic rings. The van der Waals surface area contributed by atoms with Gasteiger partial charge in [-0.2, -0.15) is 26.3 Å². The predicted molar refractivity (Wildman–Crippen MR) is 78.9 cm³/mol. The van der Waals surface area contributed by atoms with Gasteiger partial charge in [0, 0.05) is 25.5 Å². The first-order valence-electron chi connectivity index (χ1n) is 6.72. The molecule has 0 aliphatic carbocycles. The van der Waals surface area contributed by atoms with Gasteiger partial charge in [0.15, 0.2) is 11.7 Å². The first kappa shape index (κ1) is 20.5. The topological polar surface area (TPSA) is 52.6 Å². The summed E-state index contributed by atoms with van der Waals surface area (Å²) in [5, 5.41) is 6.67. The lowest BCUT2D eigenvalue weighted by atomic mass is 10.5. The summed E-state index contributed by atoms with van der Waals surface area (Å²) in [4.78, 5) is 8.38. The number of likely N-dealkylation sites (N-methyl/N-ethyl adjacent to an activating group) is 1. The van der Waals surface area contributed by atoms with Crippen molar-refractivity contribution in [1.82, 2.24) is 20.5 Å². The molecule has 0 spiro atoms. The Morgan fingerprint density at radius 2 is 1.92 bits per heavy atom. The summed E-state index contributed by atoms with van der Waals surface area (Å²) in [5.74, 6) is 0.263. The molecule has 5 nitrogen and oxygen atoms in total. The van der Waals surface area contributed by atoms with Gasteiger partial charge in [0.2, 0.25) is 0 Å². The Kier molecular flexibility index (Phi) is 7.27. The zero-order valence-electron chi connectivity index (χ0n) is 12.9. The summed E-state index contributed by atoms with van der Waals surface area (Å²) < 4.78 is 73.8. The monoisotopic (exact) mass is 377 g/mol. The average molecular weight is 377 g/mol. The van der Waals surface area contributed by atoms with E-state index in [1.807, 2.05) is 0 Å². The van der Waals surface area contributed by atoms with Crippen LogP contribution >= 0.6 is 11.3 Å². The quantitative estimate of drug-likeness (QED) is 0.454. The van der Waals surface area contributed by atoms with Crippen molar-refractivity contribution in [2.24, 2.45) is 4.99 Å². The van der Waals surface area contributed by atoms with E-state index in [4.69, 9.17) is 0 Å². The molecular formula is C12H17F6N5S. The lowest BCUT2D eigenvalue weighted by Gasteiger charge is -2.19. The van der Waals surface area contributed by atoms with Gasteiger partial charge in [-0.1, -0.05) is 0 Å². The van der Waals surface area contributed by atoms with Crippen LogP contribution in [-0.2, 0) is 12.7 Å². The molecular weight excluding hydrogens is 360 g/mol. The van der Waals surface area contributed by atoms with Crippen LogP contribution in [0.4, 0.5) is 26.3 Å². The minimum atomic E-state index is -4.49. The van der Waals surface area contributed by atoms with E-state index < -0.39 is 24.6 Å². The second kappa shape index (κ2) is 8.51. The molecule has 138 valence electrons. The van der Waals surface area contributed by atoms with Crippen LogP contribution in [0, 0.1) is 0 Å². The van der Waals surface area contributed by atoms with Crippen LogP contribution in [0.3, 0.4) is 0 Å². The zero-order chi connectivity index (χ0) is 18.4. The van der Waals surface area contributed by atoms with Crippen LogP contribution in [0.1, 0.15) is 10.7 Å². The van der Waals surface area contributed by atoms with Gasteiger partial charge in [-0.15, -0.1) is 11.3 Å². The van der Waals surface area contributed by atoms with Gasteiger partial charge in [0.25, 0.3) is 0 Å². The molecule has 0 unspecified atom stereocenters. The molecule has 1 rings (SSSR count). The van der Waals surface area contributed by atoms with Crippen molar-refractivity contribution >= 4 is 17.3 Å². The van der Waals surface area contributed by atoms with Crippen molar-refractivity contribution in [2.45, 2.75) is 18.9 Å². The van der Waals surface area contributed by atoms with E-state index in [9.17, 15) is 26.3 Å². The standard InChI is InChI=1S/C12H17F6N5S/c1-19-10(20-3-4-23(2)7-11(13,14)15)21-5-9-22-8(6-24-9)12(16,17)18/h6H,3-5,7H2,1-2H3,(H2,19,20,21). The molecule has 0 atom stereocenters. The van der Waals surface area contributed by atoms with Gasteiger partial charge < -0.3 is 10.6 Å². The second-order valence-corrected chi connectivity index (χ2v) is 5.77. The molecule has 0 saturated carbocycles. The Bertz CT molecular complexity index is 539. The highest BCUT2D eigenvalue weighted by Crippen LogP contribution is 2.29. The number of halogens is 6. The normalized spacial score (nSPS) is 13.5. The molecule has 0 amide bonds. The number of alkyl halides is 6. The molecule has 0 fully saturated rings. The third-order valence-electron chi connectivity index (χ3n) is 2.71. The molecule has 2 N–H and O–H groups in total. The van der Waals surface area contributed by atoms with Crippen LogP contribution in [0.2, 0.25) is 0 Å². The van der Waals surface area contributed by atoms with Crippen LogP contribution < -0.4 is 10.6 Å². The SMILES string of the molecule is CN=C(NCCN(C)CC(F)(F)F)NCc1nc(C(F)(F)F)cs1. The number of thiazole rings is 1. The first-order valence-corrected chi connectivity index (χ1v) is 7.60. The molecule has 0 saturated heterocycles. The number of hydrogen-bond acceptors (Lipinski definition) is 4. The third-order valence-corrected chi connectivity index (χ3v) is 3.56. The fourth-order valence-electron chi connectivity index (χ4n) is 1.65. The second-order valence-electron chi connectivity index (χ2n) is 4.83. The minimum absolute atomic E-state index is 0.0266. The van der Waals surface area contributed by atoms with E-state index in [0.717, 1.165) is 21.6 Å². The van der Waals surface area contributed by atoms with E-state index in [1.165, 1.54) is 14.1 Å². The van der Waals surface area contributed by atoms with Crippen molar-refractivity contribution < 1.29 is 26.3 Å². The number of guanidine groups is 1. The summed E-state index contributed by atoms with van der Waals surface area (Å²) in [7, 11) is 2.78. The number of hydrogen-bond donors (Lipinski definition) is 2. The Balaban J connectivity index is 2.37. The molecule has 1 heterocycles. The smallest absolute Gasteiger partial charge is 0.355 e. The van der Waals surface area contributed by atoms with Crippen LogP contribution in [0.5, 0.6) is 0 Å². The maximum atomic E-state index is 12.4. The fourth-order valence-corrected chi connectivity index (χ4v) is 2.39. The van der Waals surface area contributed by atoms with E-state index in [0.29, 0.717) is 0 Å². The van der Waals surface area contributed by atoms with Crippen LogP contribution in [-0.4, -0.2) is 55.7 Å². The predicted octanol–water partition coefficient (Wildman–Crippen LogP) is 2.32. The maximum Gasteiger partial charge on any atom is 0.434 e. The summed E-state index contributed by atoms with van der Waals surface area (Å²) in [5.41, 5.74) is -0.957. The van der Waals surface area contributed by atoms with Gasteiger partial charge in [0.1, 0.15) is 5.01 Å². The Morgan fingerprint density at radius 3 is 2.42 bits per heavy atom. The number of nitrogens with zero attached hydrogens (tertiary/aromatic N) is 3. The Labute approximate surface area is 138 Å². The number of nitrogens with one attached hydrogen (secondary N) is 2. The van der Waals surface area contributed by atoms with Crippen LogP contribution in [0.25, 0.3) is 0 Å². The van der Waals surface area contributed by atoms with E-state index in [1.54, 1.807) is 0 Å². The van der Waals surface area contributed by atoms with Gasteiger partial charge in [-0.3, -0.25) is 9.89 Å². The van der Waals surface area contributed by atoms with Crippen molar-refractivity contribution in [3.63, 3.8) is 0 Å². The fraction of sp³-hybridized carbons (Fsp3) is 0.667. The number of aliphatic imine (C=N–C) groups is 1. The van der Waals surface area contributed by atoms with Gasteiger partial charge in [-0.05, 0) is 7.05 Å². The molecule has 0 radical (unpaired) electrons. The highest BCUT2D eigenvalue weighted by Gasteiger charge is 2.33. The zero-order valence-corrected chi connectivity index (χ0v) is 13.7. The molecule has 12 heteroatoms. The molecule has 24 heavy (non-hydrogen) atoms. The van der Waals surface area contributed by atoms with Gasteiger partial charge in [-0.25, -0.2) is 4.98 Å². The molecule has 0 aromatic carbocycles. The van der Waals surface area contributed by atoms with Crippen molar-refractivity contribution in [1.29, 1.82) is 0 Å². The lowest BCUT2D eigenvalue weighted by molar-refractivity contribution is -0.143.